The van der Waals surface area contributed by atoms with Crippen LogP contribution in [0.15, 0.2) is 18.2 Å². The van der Waals surface area contributed by atoms with Gasteiger partial charge in [-0.3, -0.25) is 0 Å². The summed E-state index contributed by atoms with van der Waals surface area (Å²) in [4.78, 5) is 0. The Bertz CT molecular complexity index is 556. The number of benzene rings is 1. The summed E-state index contributed by atoms with van der Waals surface area (Å²) in [5, 5.41) is 3.93. The Kier molecular flexibility index (Phi) is 3.48. The van der Waals surface area contributed by atoms with Crippen molar-refractivity contribution in [3.05, 3.63) is 39.4 Å². The lowest BCUT2D eigenvalue weighted by Gasteiger charge is -2.16. The fourth-order valence-corrected chi connectivity index (χ4v) is 2.84. The van der Waals surface area contributed by atoms with Crippen LogP contribution in [-0.4, -0.2) is 9.59 Å². The quantitative estimate of drug-likeness (QED) is 0.861. The van der Waals surface area contributed by atoms with Gasteiger partial charge in [-0.1, -0.05) is 22.2 Å². The van der Waals surface area contributed by atoms with Crippen LogP contribution in [0, 0.1) is 0 Å². The highest BCUT2D eigenvalue weighted by Crippen LogP contribution is 2.26. The van der Waals surface area contributed by atoms with Crippen molar-refractivity contribution < 1.29 is 4.74 Å². The summed E-state index contributed by atoms with van der Waals surface area (Å²) in [6.45, 7) is 0.383. The zero-order chi connectivity index (χ0) is 12.4. The van der Waals surface area contributed by atoms with Gasteiger partial charge in [-0.2, -0.15) is 0 Å². The first-order valence-corrected chi connectivity index (χ1v) is 7.19. The molecule has 1 aromatic carbocycles. The second kappa shape index (κ2) is 5.24. The van der Waals surface area contributed by atoms with E-state index in [1.54, 1.807) is 0 Å². The Hall–Kier alpha value is -1.13. The van der Waals surface area contributed by atoms with E-state index in [1.165, 1.54) is 41.9 Å². The molecule has 0 bridgehead atoms. The lowest BCUT2D eigenvalue weighted by Crippen LogP contribution is -2.03. The van der Waals surface area contributed by atoms with E-state index >= 15 is 0 Å². The van der Waals surface area contributed by atoms with Crippen LogP contribution in [0.1, 0.15) is 29.7 Å². The summed E-state index contributed by atoms with van der Waals surface area (Å²) < 4.78 is 10.1. The maximum atomic E-state index is 5.93. The van der Waals surface area contributed by atoms with E-state index in [9.17, 15) is 0 Å². The smallest absolute Gasteiger partial charge is 0.141 e. The highest BCUT2D eigenvalue weighted by Gasteiger charge is 2.11. The van der Waals surface area contributed by atoms with E-state index in [0.717, 1.165) is 12.2 Å². The van der Waals surface area contributed by atoms with Crippen molar-refractivity contribution in [2.24, 2.45) is 0 Å². The zero-order valence-electron chi connectivity index (χ0n) is 9.86. The summed E-state index contributed by atoms with van der Waals surface area (Å²) in [5.41, 5.74) is 3.59. The molecule has 0 saturated heterocycles. The maximum Gasteiger partial charge on any atom is 0.141 e. The fraction of sp³-hybridized carbons (Fsp3) is 0.385. The lowest BCUT2D eigenvalue weighted by molar-refractivity contribution is 0.300. The Morgan fingerprint density at radius 2 is 2.06 bits per heavy atom. The summed E-state index contributed by atoms with van der Waals surface area (Å²) in [5.74, 6) is 0.889. The summed E-state index contributed by atoms with van der Waals surface area (Å²) >= 11 is 7.12. The van der Waals surface area contributed by atoms with Gasteiger partial charge < -0.3 is 4.74 Å². The van der Waals surface area contributed by atoms with Crippen molar-refractivity contribution in [2.75, 3.05) is 0 Å². The highest BCUT2D eigenvalue weighted by molar-refractivity contribution is 7.10. The highest BCUT2D eigenvalue weighted by atomic mass is 35.5. The molecule has 3 nitrogen and oxygen atoms in total. The van der Waals surface area contributed by atoms with E-state index in [0.29, 0.717) is 16.6 Å². The van der Waals surface area contributed by atoms with Gasteiger partial charge in [0.25, 0.3) is 0 Å². The second-order valence-electron chi connectivity index (χ2n) is 4.42. The molecule has 1 heterocycles. The van der Waals surface area contributed by atoms with Crippen molar-refractivity contribution in [3.63, 3.8) is 0 Å². The molecule has 5 heteroatoms. The van der Waals surface area contributed by atoms with Crippen LogP contribution >= 0.6 is 23.1 Å². The molecule has 1 aliphatic rings. The fourth-order valence-electron chi connectivity index (χ4n) is 2.23. The molecule has 2 aromatic rings. The number of aromatic nitrogens is 2. The lowest BCUT2D eigenvalue weighted by atomic mass is 9.92. The normalized spacial score (nSPS) is 14.3. The number of ether oxygens (including phenoxy) is 1. The maximum absolute atomic E-state index is 5.93. The van der Waals surface area contributed by atoms with E-state index < -0.39 is 0 Å². The third-order valence-electron chi connectivity index (χ3n) is 3.20. The third kappa shape index (κ3) is 2.49. The van der Waals surface area contributed by atoms with Gasteiger partial charge in [0.05, 0.1) is 0 Å². The van der Waals surface area contributed by atoms with Crippen molar-refractivity contribution in [2.45, 2.75) is 32.3 Å². The predicted octanol–water partition coefficient (Wildman–Crippen LogP) is 3.65. The minimum atomic E-state index is 0.383. The van der Waals surface area contributed by atoms with Crippen LogP contribution in [0.3, 0.4) is 0 Å². The first kappa shape index (κ1) is 11.9. The monoisotopic (exact) mass is 280 g/mol. The number of aryl methyl sites for hydroxylation is 2. The molecule has 1 aromatic heterocycles. The number of hydrogen-bond acceptors (Lipinski definition) is 4. The molecule has 0 saturated carbocycles. The van der Waals surface area contributed by atoms with E-state index in [2.05, 4.69) is 21.7 Å². The zero-order valence-corrected chi connectivity index (χ0v) is 11.4. The number of hydrogen-bond donors (Lipinski definition) is 0. The summed E-state index contributed by atoms with van der Waals surface area (Å²) in [7, 11) is 0. The molecule has 0 spiro atoms. The van der Waals surface area contributed by atoms with Crippen LogP contribution in [0.4, 0.5) is 0 Å². The molecular formula is C13H13ClN2OS. The molecular weight excluding hydrogens is 268 g/mol. The van der Waals surface area contributed by atoms with Crippen molar-refractivity contribution in [1.29, 1.82) is 0 Å². The Morgan fingerprint density at radius 1 is 1.22 bits per heavy atom. The summed E-state index contributed by atoms with van der Waals surface area (Å²) in [6, 6.07) is 6.34. The van der Waals surface area contributed by atoms with Gasteiger partial charge in [0.1, 0.15) is 22.4 Å². The third-order valence-corrected chi connectivity index (χ3v) is 4.19. The second-order valence-corrected chi connectivity index (χ2v) is 5.78. The van der Waals surface area contributed by atoms with E-state index in [-0.39, 0.29) is 0 Å². The molecule has 0 aliphatic heterocycles. The number of fused-ring (bicyclic) bond motifs is 1. The van der Waals surface area contributed by atoms with E-state index in [4.69, 9.17) is 16.3 Å². The van der Waals surface area contributed by atoms with E-state index in [1.807, 2.05) is 6.07 Å². The average molecular weight is 281 g/mol. The van der Waals surface area contributed by atoms with Gasteiger partial charge in [-0.15, -0.1) is 5.10 Å². The topological polar surface area (TPSA) is 35.0 Å². The van der Waals surface area contributed by atoms with Crippen LogP contribution in [0.25, 0.3) is 0 Å². The van der Waals surface area contributed by atoms with Gasteiger partial charge in [0.2, 0.25) is 0 Å². The van der Waals surface area contributed by atoms with Crippen LogP contribution in [-0.2, 0) is 19.4 Å². The molecule has 0 radical (unpaired) electrons. The number of rotatable bonds is 3. The molecule has 94 valence electrons. The van der Waals surface area contributed by atoms with Crippen molar-refractivity contribution >= 4 is 23.1 Å². The first-order chi connectivity index (χ1) is 8.83. The predicted molar refractivity (Wildman–Crippen MR) is 72.3 cm³/mol. The Labute approximate surface area is 115 Å². The van der Waals surface area contributed by atoms with Crippen molar-refractivity contribution in [3.8, 4) is 5.75 Å². The minimum absolute atomic E-state index is 0.383. The number of nitrogens with zero attached hydrogens (tertiary/aromatic N) is 2. The molecule has 0 fully saturated rings. The van der Waals surface area contributed by atoms with Crippen LogP contribution in [0.2, 0.25) is 4.34 Å². The number of halogens is 1. The van der Waals surface area contributed by atoms with Crippen LogP contribution < -0.4 is 4.74 Å². The van der Waals surface area contributed by atoms with Crippen molar-refractivity contribution in [1.82, 2.24) is 9.59 Å². The van der Waals surface area contributed by atoms with Gasteiger partial charge in [-0.05, 0) is 48.9 Å². The standard InChI is InChI=1S/C13H13ClN2OS/c14-13-12(15-16-18-13)8-17-11-6-5-9-3-1-2-4-10(9)7-11/h5-7H,1-4,8H2. The molecule has 0 amide bonds. The molecule has 3 rings (SSSR count). The molecule has 0 N–H and O–H groups in total. The first-order valence-electron chi connectivity index (χ1n) is 6.04. The van der Waals surface area contributed by atoms with Gasteiger partial charge in [-0.25, -0.2) is 0 Å². The van der Waals surface area contributed by atoms with Gasteiger partial charge in [0.15, 0.2) is 0 Å². The Morgan fingerprint density at radius 3 is 2.83 bits per heavy atom. The molecule has 1 aliphatic carbocycles. The molecule has 0 atom stereocenters. The SMILES string of the molecule is Clc1snnc1COc1ccc2c(c1)CCCC2. The van der Waals surface area contributed by atoms with Crippen LogP contribution in [0.5, 0.6) is 5.75 Å². The Balaban J connectivity index is 1.71. The van der Waals surface area contributed by atoms with Gasteiger partial charge in [0, 0.05) is 11.5 Å². The summed E-state index contributed by atoms with van der Waals surface area (Å²) in [6.07, 6.45) is 4.93. The molecule has 0 unspecified atom stereocenters. The largest absolute Gasteiger partial charge is 0.487 e. The average Bonchev–Trinajstić information content (AvgIpc) is 2.82. The minimum Gasteiger partial charge on any atom is -0.487 e. The van der Waals surface area contributed by atoms with Gasteiger partial charge >= 0.3 is 0 Å². The molecule has 18 heavy (non-hydrogen) atoms.